The minimum Gasteiger partial charge on any atom is -0.462 e. The van der Waals surface area contributed by atoms with Gasteiger partial charge in [-0.1, -0.05) is 13.8 Å². The molecule has 4 heteroatoms. The Morgan fingerprint density at radius 1 is 1.04 bits per heavy atom. The largest absolute Gasteiger partial charge is 0.462 e. The molecule has 4 fully saturated rings. The highest BCUT2D eigenvalue weighted by Gasteiger charge is 2.64. The lowest BCUT2D eigenvalue weighted by molar-refractivity contribution is -0.193. The van der Waals surface area contributed by atoms with Crippen LogP contribution < -0.4 is 0 Å². The second kappa shape index (κ2) is 6.42. The number of rotatable bonds is 2. The molecule has 0 radical (unpaired) electrons. The molecule has 0 saturated heterocycles. The number of Topliss-reactive ketones (excluding diaryl/α,β-unsaturated/α-hetero) is 2. The van der Waals surface area contributed by atoms with Crippen LogP contribution in [-0.2, 0) is 19.1 Å². The lowest BCUT2D eigenvalue weighted by atomic mass is 9.44. The van der Waals surface area contributed by atoms with E-state index >= 15 is 0 Å². The van der Waals surface area contributed by atoms with Crippen molar-refractivity contribution >= 4 is 17.5 Å². The second-order valence-electron chi connectivity index (χ2n) is 10.4. The van der Waals surface area contributed by atoms with Crippen LogP contribution in [0.25, 0.3) is 0 Å². The van der Waals surface area contributed by atoms with Crippen molar-refractivity contribution in [3.8, 4) is 0 Å². The molecule has 0 unspecified atom stereocenters. The van der Waals surface area contributed by atoms with Gasteiger partial charge in [0.25, 0.3) is 0 Å². The van der Waals surface area contributed by atoms with Gasteiger partial charge in [0.1, 0.15) is 17.7 Å². The molecule has 0 aromatic heterocycles. The zero-order valence-corrected chi connectivity index (χ0v) is 17.3. The maximum absolute atomic E-state index is 12.4. The third-order valence-electron chi connectivity index (χ3n) is 9.20. The van der Waals surface area contributed by atoms with Crippen molar-refractivity contribution < 1.29 is 19.1 Å². The number of ketones is 2. The minimum absolute atomic E-state index is 0.0548. The van der Waals surface area contributed by atoms with Crippen molar-refractivity contribution in [2.24, 2.45) is 40.4 Å². The van der Waals surface area contributed by atoms with Crippen molar-refractivity contribution in [2.75, 3.05) is 0 Å². The third kappa shape index (κ3) is 2.81. The van der Waals surface area contributed by atoms with Gasteiger partial charge in [0.05, 0.1) is 0 Å². The predicted molar refractivity (Wildman–Crippen MR) is 102 cm³/mol. The molecule has 4 nitrogen and oxygen atoms in total. The van der Waals surface area contributed by atoms with Gasteiger partial charge in [-0.05, 0) is 74.0 Å². The van der Waals surface area contributed by atoms with Crippen molar-refractivity contribution in [1.82, 2.24) is 0 Å². The van der Waals surface area contributed by atoms with Crippen LogP contribution in [0, 0.1) is 40.4 Å². The maximum Gasteiger partial charge on any atom is 0.302 e. The zero-order chi connectivity index (χ0) is 19.6. The quantitative estimate of drug-likeness (QED) is 0.675. The molecule has 0 aliphatic heterocycles. The highest BCUT2D eigenvalue weighted by Crippen LogP contribution is 2.67. The molecule has 0 aromatic rings. The van der Waals surface area contributed by atoms with Crippen LogP contribution in [0.3, 0.4) is 0 Å². The smallest absolute Gasteiger partial charge is 0.302 e. The Balaban J connectivity index is 1.73. The maximum atomic E-state index is 12.4. The first-order chi connectivity index (χ1) is 12.7. The Bertz CT molecular complexity index is 669. The van der Waals surface area contributed by atoms with E-state index in [0.717, 1.165) is 38.5 Å². The van der Waals surface area contributed by atoms with Gasteiger partial charge in [0, 0.05) is 31.6 Å². The zero-order valence-electron chi connectivity index (χ0n) is 17.3. The first-order valence-corrected chi connectivity index (χ1v) is 10.9. The topological polar surface area (TPSA) is 60.4 Å². The average Bonchev–Trinajstić information content (AvgIpc) is 2.91. The van der Waals surface area contributed by atoms with Gasteiger partial charge in [-0.2, -0.15) is 0 Å². The molecule has 0 heterocycles. The van der Waals surface area contributed by atoms with Gasteiger partial charge in [-0.25, -0.2) is 0 Å². The summed E-state index contributed by atoms with van der Waals surface area (Å²) in [5, 5.41) is 0. The van der Waals surface area contributed by atoms with Gasteiger partial charge >= 0.3 is 5.97 Å². The number of ether oxygens (including phenoxy) is 1. The fraction of sp³-hybridized carbons (Fsp3) is 0.870. The molecule has 27 heavy (non-hydrogen) atoms. The Hall–Kier alpha value is -1.19. The fourth-order valence-electron chi connectivity index (χ4n) is 8.12. The molecule has 150 valence electrons. The van der Waals surface area contributed by atoms with E-state index in [1.54, 1.807) is 6.92 Å². The number of hydrogen-bond acceptors (Lipinski definition) is 4. The molecule has 4 rings (SSSR count). The van der Waals surface area contributed by atoms with Crippen LogP contribution in [0.4, 0.5) is 0 Å². The second-order valence-corrected chi connectivity index (χ2v) is 10.4. The van der Waals surface area contributed by atoms with Crippen molar-refractivity contribution in [3.63, 3.8) is 0 Å². The van der Waals surface area contributed by atoms with Gasteiger partial charge in [-0.15, -0.1) is 0 Å². The first kappa shape index (κ1) is 19.1. The predicted octanol–water partition coefficient (Wildman–Crippen LogP) is 4.35. The van der Waals surface area contributed by atoms with Crippen LogP contribution >= 0.6 is 0 Å². The number of esters is 1. The van der Waals surface area contributed by atoms with E-state index < -0.39 is 0 Å². The standard InChI is InChI=1S/C23H34O4/c1-13(24)18-7-8-19-17-6-5-15-11-16(26)9-10-22(15,3)21(17)20(27-14(2)25)12-23(18,19)4/h15,17-21H,5-12H2,1-4H3/t15-,17-,18+,19-,20+,21-,22-,23+/m0/s1. The number of fused-ring (bicyclic) bond motifs is 5. The lowest BCUT2D eigenvalue weighted by Crippen LogP contribution is -2.60. The van der Waals surface area contributed by atoms with Crippen LogP contribution in [0.5, 0.6) is 0 Å². The van der Waals surface area contributed by atoms with E-state index in [2.05, 4.69) is 13.8 Å². The van der Waals surface area contributed by atoms with E-state index in [-0.39, 0.29) is 28.8 Å². The van der Waals surface area contributed by atoms with Crippen LogP contribution in [0.1, 0.15) is 79.1 Å². The molecule has 0 spiro atoms. The van der Waals surface area contributed by atoms with E-state index in [1.807, 2.05) is 0 Å². The minimum atomic E-state index is -0.212. The monoisotopic (exact) mass is 374 g/mol. The first-order valence-electron chi connectivity index (χ1n) is 10.9. The molecule has 0 N–H and O–H groups in total. The highest BCUT2D eigenvalue weighted by atomic mass is 16.5. The summed E-state index contributed by atoms with van der Waals surface area (Å²) in [6.07, 6.45) is 7.29. The van der Waals surface area contributed by atoms with Gasteiger partial charge in [-0.3, -0.25) is 14.4 Å². The summed E-state index contributed by atoms with van der Waals surface area (Å²) in [7, 11) is 0. The molecule has 4 aliphatic carbocycles. The Labute approximate surface area is 162 Å². The van der Waals surface area contributed by atoms with Crippen molar-refractivity contribution in [2.45, 2.75) is 85.2 Å². The Morgan fingerprint density at radius 3 is 2.44 bits per heavy atom. The van der Waals surface area contributed by atoms with Gasteiger partial charge in [0.2, 0.25) is 0 Å². The molecule has 4 saturated carbocycles. The molecular formula is C23H34O4. The van der Waals surface area contributed by atoms with Gasteiger partial charge < -0.3 is 4.74 Å². The summed E-state index contributed by atoms with van der Waals surface area (Å²) < 4.78 is 5.97. The summed E-state index contributed by atoms with van der Waals surface area (Å²) in [4.78, 5) is 36.5. The fourth-order valence-corrected chi connectivity index (χ4v) is 8.12. The summed E-state index contributed by atoms with van der Waals surface area (Å²) >= 11 is 0. The van der Waals surface area contributed by atoms with Crippen LogP contribution in [0.15, 0.2) is 0 Å². The van der Waals surface area contributed by atoms with Crippen molar-refractivity contribution in [1.29, 1.82) is 0 Å². The van der Waals surface area contributed by atoms with Gasteiger partial charge in [0.15, 0.2) is 0 Å². The van der Waals surface area contributed by atoms with E-state index in [0.29, 0.717) is 48.1 Å². The summed E-state index contributed by atoms with van der Waals surface area (Å²) in [5.74, 6) is 2.38. The molecular weight excluding hydrogens is 340 g/mol. The third-order valence-corrected chi connectivity index (χ3v) is 9.20. The summed E-state index contributed by atoms with van der Waals surface area (Å²) in [6, 6.07) is 0. The molecule has 8 atom stereocenters. The molecule has 0 aromatic carbocycles. The number of carbonyl (C=O) groups is 3. The Kier molecular flexibility index (Phi) is 4.55. The van der Waals surface area contributed by atoms with Crippen LogP contribution in [0.2, 0.25) is 0 Å². The van der Waals surface area contributed by atoms with E-state index in [1.165, 1.54) is 6.92 Å². The summed E-state index contributed by atoms with van der Waals surface area (Å²) in [6.45, 7) is 7.88. The summed E-state index contributed by atoms with van der Waals surface area (Å²) in [5.41, 5.74) is 0.0212. The normalized spacial score (nSPS) is 49.0. The number of hydrogen-bond donors (Lipinski definition) is 0. The van der Waals surface area contributed by atoms with Crippen molar-refractivity contribution in [3.05, 3.63) is 0 Å². The number of carbonyl (C=O) groups excluding carboxylic acids is 3. The molecule has 4 aliphatic rings. The average molecular weight is 375 g/mol. The SMILES string of the molecule is CC(=O)O[C@@H]1C[C@]2(C)[C@@H](C(C)=O)CC[C@H]2[C@@H]2CC[C@H]3CC(=O)CC[C@]3(C)[C@@H]21. The van der Waals surface area contributed by atoms with E-state index in [9.17, 15) is 14.4 Å². The highest BCUT2D eigenvalue weighted by molar-refractivity contribution is 5.80. The van der Waals surface area contributed by atoms with E-state index in [4.69, 9.17) is 4.74 Å². The molecule has 0 amide bonds. The van der Waals surface area contributed by atoms with Crippen LogP contribution in [-0.4, -0.2) is 23.6 Å². The Morgan fingerprint density at radius 2 is 1.78 bits per heavy atom. The molecule has 0 bridgehead atoms. The lowest BCUT2D eigenvalue weighted by Gasteiger charge is -2.62.